The minimum atomic E-state index is 0.362. The molecule has 0 saturated heterocycles. The van der Waals surface area contributed by atoms with Crippen molar-refractivity contribution >= 4 is 24.9 Å². The predicted octanol–water partition coefficient (Wildman–Crippen LogP) is 2.77. The molecule has 1 N–H and O–H groups in total. The van der Waals surface area contributed by atoms with Crippen LogP contribution in [0.4, 0.5) is 0 Å². The molecule has 0 aliphatic carbocycles. The van der Waals surface area contributed by atoms with Crippen LogP contribution in [-0.4, -0.2) is 17.9 Å². The van der Waals surface area contributed by atoms with E-state index >= 15 is 0 Å². The molecule has 0 fully saturated rings. The second-order valence-corrected chi connectivity index (χ2v) is 5.74. The number of rotatable bonds is 3. The zero-order chi connectivity index (χ0) is 13.8. The Morgan fingerprint density at radius 2 is 1.84 bits per heavy atom. The van der Waals surface area contributed by atoms with E-state index in [-0.39, 0.29) is 0 Å². The van der Waals surface area contributed by atoms with Gasteiger partial charge in [0.15, 0.2) is 0 Å². The summed E-state index contributed by atoms with van der Waals surface area (Å²) in [6.45, 7) is 4.13. The van der Waals surface area contributed by atoms with Crippen LogP contribution in [0.15, 0.2) is 47.5 Å². The first-order chi connectivity index (χ1) is 9.13. The SMILES string of the molecule is C/N=C(\C)c1cccc(C)c1Pc1ccccc1O. The monoisotopic (exact) mass is 271 g/mol. The van der Waals surface area contributed by atoms with Gasteiger partial charge in [-0.15, -0.1) is 0 Å². The molecule has 0 aliphatic heterocycles. The fourth-order valence-corrected chi connectivity index (χ4v) is 3.31. The first-order valence-corrected chi connectivity index (χ1v) is 7.22. The standard InChI is InChI=1S/C16H18NOP/c1-11-7-6-8-13(12(2)17-3)16(11)19-15-10-5-4-9-14(15)18/h4-10,18-19H,1-3H3/b17-12+. The molecule has 1 unspecified atom stereocenters. The van der Waals surface area contributed by atoms with Gasteiger partial charge in [-0.2, -0.15) is 0 Å². The second-order valence-electron chi connectivity index (χ2n) is 4.45. The van der Waals surface area contributed by atoms with Gasteiger partial charge in [-0.25, -0.2) is 0 Å². The normalized spacial score (nSPS) is 12.3. The number of benzene rings is 2. The van der Waals surface area contributed by atoms with E-state index < -0.39 is 0 Å². The molecule has 0 spiro atoms. The van der Waals surface area contributed by atoms with Crippen LogP contribution in [0.25, 0.3) is 0 Å². The Morgan fingerprint density at radius 1 is 1.11 bits per heavy atom. The van der Waals surface area contributed by atoms with Gasteiger partial charge < -0.3 is 5.11 Å². The van der Waals surface area contributed by atoms with Crippen molar-refractivity contribution in [3.63, 3.8) is 0 Å². The number of phenols is 1. The van der Waals surface area contributed by atoms with E-state index in [0.717, 1.165) is 11.0 Å². The smallest absolute Gasteiger partial charge is 0.123 e. The summed E-state index contributed by atoms with van der Waals surface area (Å²) in [6, 6.07) is 13.8. The van der Waals surface area contributed by atoms with Crippen molar-refractivity contribution in [2.75, 3.05) is 7.05 Å². The summed E-state index contributed by atoms with van der Waals surface area (Å²) < 4.78 is 0. The van der Waals surface area contributed by atoms with E-state index in [2.05, 4.69) is 30.1 Å². The largest absolute Gasteiger partial charge is 0.507 e. The quantitative estimate of drug-likeness (QED) is 0.675. The van der Waals surface area contributed by atoms with Gasteiger partial charge in [0.05, 0.1) is 0 Å². The van der Waals surface area contributed by atoms with Crippen molar-refractivity contribution in [1.82, 2.24) is 0 Å². The van der Waals surface area contributed by atoms with E-state index in [0.29, 0.717) is 14.3 Å². The first-order valence-electron chi connectivity index (χ1n) is 6.22. The van der Waals surface area contributed by atoms with E-state index in [1.54, 1.807) is 6.07 Å². The number of aryl methyl sites for hydroxylation is 1. The second kappa shape index (κ2) is 5.99. The Labute approximate surface area is 116 Å². The van der Waals surface area contributed by atoms with E-state index in [1.165, 1.54) is 16.4 Å². The van der Waals surface area contributed by atoms with Gasteiger partial charge in [-0.05, 0) is 30.8 Å². The van der Waals surface area contributed by atoms with Crippen molar-refractivity contribution in [3.05, 3.63) is 53.6 Å². The maximum absolute atomic E-state index is 9.93. The number of nitrogens with zero attached hydrogens (tertiary/aromatic N) is 1. The topological polar surface area (TPSA) is 32.6 Å². The van der Waals surface area contributed by atoms with Crippen LogP contribution >= 0.6 is 8.58 Å². The molecule has 2 aromatic carbocycles. The molecule has 98 valence electrons. The van der Waals surface area contributed by atoms with Crippen LogP contribution < -0.4 is 10.6 Å². The Hall–Kier alpha value is -1.66. The lowest BCUT2D eigenvalue weighted by Crippen LogP contribution is -2.16. The molecule has 0 bridgehead atoms. The summed E-state index contributed by atoms with van der Waals surface area (Å²) in [6.07, 6.45) is 0. The Kier molecular flexibility index (Phi) is 4.34. The minimum Gasteiger partial charge on any atom is -0.507 e. The molecule has 0 radical (unpaired) electrons. The molecule has 3 heteroatoms. The number of hydrogen-bond donors (Lipinski definition) is 1. The Morgan fingerprint density at radius 3 is 2.53 bits per heavy atom. The third-order valence-corrected chi connectivity index (χ3v) is 4.77. The zero-order valence-electron chi connectivity index (χ0n) is 11.4. The van der Waals surface area contributed by atoms with Crippen LogP contribution in [0, 0.1) is 6.92 Å². The highest BCUT2D eigenvalue weighted by Crippen LogP contribution is 2.22. The fraction of sp³-hybridized carbons (Fsp3) is 0.188. The number of aliphatic imine (C=N–C) groups is 1. The van der Waals surface area contributed by atoms with Crippen molar-refractivity contribution in [2.45, 2.75) is 13.8 Å². The molecular formula is C16H18NOP. The molecule has 0 aromatic heterocycles. The highest BCUT2D eigenvalue weighted by Gasteiger charge is 2.10. The van der Waals surface area contributed by atoms with Crippen LogP contribution in [0.5, 0.6) is 5.75 Å². The summed E-state index contributed by atoms with van der Waals surface area (Å²) in [5, 5.41) is 12.2. The van der Waals surface area contributed by atoms with Gasteiger partial charge in [0, 0.05) is 23.6 Å². The molecule has 0 aliphatic rings. The highest BCUT2D eigenvalue weighted by molar-refractivity contribution is 7.56. The summed E-state index contributed by atoms with van der Waals surface area (Å²) in [5.41, 5.74) is 3.44. The van der Waals surface area contributed by atoms with Crippen molar-refractivity contribution in [1.29, 1.82) is 0 Å². The highest BCUT2D eigenvalue weighted by atomic mass is 31.1. The van der Waals surface area contributed by atoms with Gasteiger partial charge in [0.2, 0.25) is 0 Å². The van der Waals surface area contributed by atoms with E-state index in [4.69, 9.17) is 0 Å². The third kappa shape index (κ3) is 3.02. The Balaban J connectivity index is 2.48. The maximum atomic E-state index is 9.93. The van der Waals surface area contributed by atoms with Crippen molar-refractivity contribution in [2.24, 2.45) is 4.99 Å². The van der Waals surface area contributed by atoms with E-state index in [9.17, 15) is 5.11 Å². The van der Waals surface area contributed by atoms with Crippen LogP contribution in [0.3, 0.4) is 0 Å². The Bertz CT molecular complexity index is 620. The van der Waals surface area contributed by atoms with Gasteiger partial charge in [-0.3, -0.25) is 4.99 Å². The van der Waals surface area contributed by atoms with E-state index in [1.807, 2.05) is 32.2 Å². The number of hydrogen-bond acceptors (Lipinski definition) is 2. The average molecular weight is 271 g/mol. The molecule has 0 saturated carbocycles. The lowest BCUT2D eigenvalue weighted by molar-refractivity contribution is 0.480. The molecular weight excluding hydrogens is 253 g/mol. The van der Waals surface area contributed by atoms with Gasteiger partial charge in [0.1, 0.15) is 5.75 Å². The molecule has 0 amide bonds. The first kappa shape index (κ1) is 13.8. The van der Waals surface area contributed by atoms with Crippen molar-refractivity contribution < 1.29 is 5.11 Å². The van der Waals surface area contributed by atoms with Crippen LogP contribution in [0.2, 0.25) is 0 Å². The van der Waals surface area contributed by atoms with Gasteiger partial charge in [0.25, 0.3) is 0 Å². The van der Waals surface area contributed by atoms with Gasteiger partial charge >= 0.3 is 0 Å². The molecule has 0 heterocycles. The van der Waals surface area contributed by atoms with Crippen LogP contribution in [0.1, 0.15) is 18.1 Å². The summed E-state index contributed by atoms with van der Waals surface area (Å²) >= 11 is 0. The zero-order valence-corrected chi connectivity index (χ0v) is 12.4. The summed E-state index contributed by atoms with van der Waals surface area (Å²) in [5.74, 6) is 0.362. The summed E-state index contributed by atoms with van der Waals surface area (Å²) in [7, 11) is 2.25. The lowest BCUT2D eigenvalue weighted by Gasteiger charge is -2.13. The van der Waals surface area contributed by atoms with Crippen molar-refractivity contribution in [3.8, 4) is 5.75 Å². The lowest BCUT2D eigenvalue weighted by atomic mass is 10.1. The molecule has 19 heavy (non-hydrogen) atoms. The number of phenolic OH excluding ortho intramolecular Hbond substituents is 1. The molecule has 1 atom stereocenters. The van der Waals surface area contributed by atoms with Crippen LogP contribution in [-0.2, 0) is 0 Å². The minimum absolute atomic E-state index is 0.362. The predicted molar refractivity (Wildman–Crippen MR) is 85.0 cm³/mol. The maximum Gasteiger partial charge on any atom is 0.123 e. The molecule has 2 rings (SSSR count). The average Bonchev–Trinajstić information content (AvgIpc) is 2.42. The molecule has 2 nitrogen and oxygen atoms in total. The fourth-order valence-electron chi connectivity index (χ4n) is 1.97. The number of para-hydroxylation sites is 1. The third-order valence-electron chi connectivity index (χ3n) is 3.16. The number of aromatic hydroxyl groups is 1. The van der Waals surface area contributed by atoms with Gasteiger partial charge in [-0.1, -0.05) is 45.0 Å². The molecule has 2 aromatic rings. The summed E-state index contributed by atoms with van der Waals surface area (Å²) in [4.78, 5) is 4.28.